The Bertz CT molecular complexity index is 1100. The van der Waals surface area contributed by atoms with E-state index >= 15 is 0 Å². The lowest BCUT2D eigenvalue weighted by atomic mass is 10.0. The second-order valence-corrected chi connectivity index (χ2v) is 15.0. The molecule has 0 heterocycles. The van der Waals surface area contributed by atoms with Crippen LogP contribution in [0.3, 0.4) is 0 Å². The quantitative estimate of drug-likeness (QED) is 0.0531. The van der Waals surface area contributed by atoms with Gasteiger partial charge in [0.25, 0.3) is 0 Å². The molecule has 11 heteroatoms. The summed E-state index contributed by atoms with van der Waals surface area (Å²) < 4.78 is 38.3. The third-order valence-corrected chi connectivity index (χ3v) is 9.89. The van der Waals surface area contributed by atoms with Crippen molar-refractivity contribution in [2.24, 2.45) is 11.8 Å². The number of hydrogen-bond donors (Lipinski definition) is 1. The van der Waals surface area contributed by atoms with Gasteiger partial charge < -0.3 is 9.47 Å². The lowest BCUT2D eigenvalue weighted by Gasteiger charge is -2.14. The number of ether oxygens (including phenoxy) is 2. The van der Waals surface area contributed by atoms with E-state index in [1.807, 2.05) is 12.1 Å². The highest BCUT2D eigenvalue weighted by atomic mass is 127. The maximum absolute atomic E-state index is 13.4. The third-order valence-electron chi connectivity index (χ3n) is 6.71. The Balaban J connectivity index is 0.000000715. The smallest absolute Gasteiger partial charge is 0.306 e. The number of carbonyl (C=O) groups is 2. The Morgan fingerprint density at radius 3 is 1.73 bits per heavy atom. The molecular formula is C34H49Br2F2IO4S2. The third kappa shape index (κ3) is 23.6. The predicted octanol–water partition coefficient (Wildman–Crippen LogP) is 12.1. The number of rotatable bonds is 18. The van der Waals surface area contributed by atoms with Crippen LogP contribution >= 0.6 is 78.8 Å². The summed E-state index contributed by atoms with van der Waals surface area (Å²) in [6.07, 6.45) is 9.98. The molecule has 0 N–H and O–H groups in total. The van der Waals surface area contributed by atoms with Crippen LogP contribution in [0.1, 0.15) is 91.9 Å². The summed E-state index contributed by atoms with van der Waals surface area (Å²) in [4.78, 5) is 23.6. The number of unbranched alkanes of at least 4 members (excludes halogenated alkanes) is 2. The molecule has 0 bridgehead atoms. The van der Waals surface area contributed by atoms with Crippen LogP contribution in [0, 0.1) is 27.0 Å². The van der Waals surface area contributed by atoms with Crippen LogP contribution in [-0.4, -0.2) is 36.7 Å². The van der Waals surface area contributed by atoms with Crippen LogP contribution in [-0.2, 0) is 19.1 Å². The summed E-state index contributed by atoms with van der Waals surface area (Å²) in [5.74, 6) is 1.41. The van der Waals surface area contributed by atoms with Gasteiger partial charge in [-0.3, -0.25) is 9.59 Å². The molecule has 0 saturated heterocycles. The minimum absolute atomic E-state index is 0.116. The molecule has 45 heavy (non-hydrogen) atoms. The summed E-state index contributed by atoms with van der Waals surface area (Å²) in [6, 6.07) is 9.99. The second-order valence-electron chi connectivity index (χ2n) is 10.4. The molecule has 256 valence electrons. The van der Waals surface area contributed by atoms with Crippen LogP contribution in [0.4, 0.5) is 8.78 Å². The van der Waals surface area contributed by atoms with E-state index in [-0.39, 0.29) is 23.6 Å². The van der Waals surface area contributed by atoms with Crippen LogP contribution in [0.15, 0.2) is 50.2 Å². The molecule has 0 aliphatic carbocycles. The maximum atomic E-state index is 13.4. The lowest BCUT2D eigenvalue weighted by molar-refractivity contribution is -0.145. The van der Waals surface area contributed by atoms with E-state index in [0.29, 0.717) is 58.3 Å². The number of thioether (sulfide) groups is 1. The summed E-state index contributed by atoms with van der Waals surface area (Å²) in [5.41, 5.74) is 0. The normalized spacial score (nSPS) is 11.8. The van der Waals surface area contributed by atoms with Crippen molar-refractivity contribution in [2.75, 3.05) is 24.7 Å². The first-order valence-corrected chi connectivity index (χ1v) is 19.9. The molecule has 0 amide bonds. The highest BCUT2D eigenvalue weighted by molar-refractivity contribution is 14.1. The first kappa shape index (κ1) is 44.6. The maximum Gasteiger partial charge on any atom is 0.306 e. The van der Waals surface area contributed by atoms with Crippen molar-refractivity contribution in [1.82, 2.24) is 0 Å². The van der Waals surface area contributed by atoms with Crippen molar-refractivity contribution in [2.45, 2.75) is 96.8 Å². The monoisotopic (exact) mass is 908 g/mol. The average Bonchev–Trinajstić information content (AvgIpc) is 3.02. The van der Waals surface area contributed by atoms with Gasteiger partial charge in [-0.2, -0.15) is 12.6 Å². The standard InChI is InChI=1S/C17H24BrFO2S.C11H22O2S.C6H3BrFI/c1-3-5-6-13(4-2)12-21-17(20)9-10-22-14-7-8-15(18)16(19)11-14;1-3-5-6-10(4-2)9-13-11(12)7-8-14;7-5-2-1-4(9)3-6(5)8/h7-8,11,13H,3-6,9-10,12H2,1-2H3;10,14H,3-9H2,1-2H3;1-3H. The van der Waals surface area contributed by atoms with E-state index in [9.17, 15) is 18.4 Å². The fraction of sp³-hybridized carbons (Fsp3) is 0.588. The average molecular weight is 911 g/mol. The summed E-state index contributed by atoms with van der Waals surface area (Å²) in [6.45, 7) is 9.73. The van der Waals surface area contributed by atoms with Crippen LogP contribution < -0.4 is 0 Å². The van der Waals surface area contributed by atoms with Crippen molar-refractivity contribution >= 4 is 90.8 Å². The van der Waals surface area contributed by atoms with Gasteiger partial charge in [0.1, 0.15) is 11.6 Å². The molecule has 2 aromatic carbocycles. The van der Waals surface area contributed by atoms with Gasteiger partial charge in [0, 0.05) is 20.0 Å². The summed E-state index contributed by atoms with van der Waals surface area (Å²) in [5, 5.41) is 0. The van der Waals surface area contributed by atoms with Crippen LogP contribution in [0.25, 0.3) is 0 Å². The van der Waals surface area contributed by atoms with Gasteiger partial charge in [-0.25, -0.2) is 8.78 Å². The van der Waals surface area contributed by atoms with E-state index in [1.165, 1.54) is 56.0 Å². The molecule has 2 unspecified atom stereocenters. The van der Waals surface area contributed by atoms with Crippen molar-refractivity contribution in [1.29, 1.82) is 0 Å². The topological polar surface area (TPSA) is 52.6 Å². The van der Waals surface area contributed by atoms with Gasteiger partial charge in [-0.1, -0.05) is 66.2 Å². The molecule has 0 aliphatic heterocycles. The molecule has 0 saturated carbocycles. The molecule has 2 aromatic rings. The Labute approximate surface area is 310 Å². The largest absolute Gasteiger partial charge is 0.465 e. The number of benzene rings is 2. The molecule has 0 aliphatic rings. The van der Waals surface area contributed by atoms with E-state index in [0.717, 1.165) is 27.7 Å². The number of esters is 2. The summed E-state index contributed by atoms with van der Waals surface area (Å²) in [7, 11) is 0. The van der Waals surface area contributed by atoms with E-state index in [1.54, 1.807) is 12.1 Å². The predicted molar refractivity (Wildman–Crippen MR) is 203 cm³/mol. The van der Waals surface area contributed by atoms with Crippen molar-refractivity contribution < 1.29 is 27.8 Å². The van der Waals surface area contributed by atoms with Crippen LogP contribution in [0.2, 0.25) is 0 Å². The van der Waals surface area contributed by atoms with E-state index in [4.69, 9.17) is 9.47 Å². The fourth-order valence-electron chi connectivity index (χ4n) is 3.74. The Hall–Kier alpha value is -0.370. The van der Waals surface area contributed by atoms with E-state index in [2.05, 4.69) is 94.8 Å². The molecular weight excluding hydrogens is 861 g/mol. The first-order valence-electron chi connectivity index (χ1n) is 15.6. The van der Waals surface area contributed by atoms with Gasteiger partial charge in [0.2, 0.25) is 0 Å². The highest BCUT2D eigenvalue weighted by Crippen LogP contribution is 2.24. The fourth-order valence-corrected chi connectivity index (χ4v) is 5.73. The zero-order valence-electron chi connectivity index (χ0n) is 26.9. The van der Waals surface area contributed by atoms with Gasteiger partial charge in [0.05, 0.1) is 35.0 Å². The Morgan fingerprint density at radius 2 is 1.31 bits per heavy atom. The Morgan fingerprint density at radius 1 is 0.822 bits per heavy atom. The second kappa shape index (κ2) is 28.6. The van der Waals surface area contributed by atoms with Gasteiger partial charge in [0.15, 0.2) is 0 Å². The van der Waals surface area contributed by atoms with Gasteiger partial charge in [-0.15, -0.1) is 11.8 Å². The highest BCUT2D eigenvalue weighted by Gasteiger charge is 2.11. The first-order chi connectivity index (χ1) is 21.5. The Kier molecular flexibility index (Phi) is 28.4. The molecule has 0 fully saturated rings. The minimum atomic E-state index is -0.283. The SMILES string of the molecule is CCCCC(CC)COC(=O)CCS.CCCCC(CC)COC(=O)CCSc1ccc(Br)c(F)c1.Fc1cc(I)ccc1Br. The number of thiol groups is 1. The van der Waals surface area contributed by atoms with Gasteiger partial charge in [-0.05, 0) is 116 Å². The molecule has 0 spiro atoms. The zero-order chi connectivity index (χ0) is 34.0. The number of halogens is 5. The van der Waals surface area contributed by atoms with Crippen molar-refractivity contribution in [3.05, 3.63) is 60.5 Å². The zero-order valence-corrected chi connectivity index (χ0v) is 33.9. The van der Waals surface area contributed by atoms with Crippen molar-refractivity contribution in [3.63, 3.8) is 0 Å². The molecule has 0 aromatic heterocycles. The van der Waals surface area contributed by atoms with Crippen molar-refractivity contribution in [3.8, 4) is 0 Å². The van der Waals surface area contributed by atoms with Crippen LogP contribution in [0.5, 0.6) is 0 Å². The minimum Gasteiger partial charge on any atom is -0.465 e. The van der Waals surface area contributed by atoms with Gasteiger partial charge >= 0.3 is 11.9 Å². The number of hydrogen-bond acceptors (Lipinski definition) is 6. The number of carbonyl (C=O) groups excluding carboxylic acids is 2. The van der Waals surface area contributed by atoms with E-state index < -0.39 is 0 Å². The molecule has 2 atom stereocenters. The molecule has 0 radical (unpaired) electrons. The summed E-state index contributed by atoms with van der Waals surface area (Å²) >= 11 is 13.7. The molecule has 4 nitrogen and oxygen atoms in total. The lowest BCUT2D eigenvalue weighted by Crippen LogP contribution is -2.14. The molecule has 2 rings (SSSR count).